The molecule has 0 fully saturated rings. The monoisotopic (exact) mass is 305 g/mol. The Morgan fingerprint density at radius 3 is 2.60 bits per heavy atom. The third-order valence-corrected chi connectivity index (χ3v) is 5.60. The van der Waals surface area contributed by atoms with Crippen molar-refractivity contribution in [1.82, 2.24) is 5.32 Å². The summed E-state index contributed by atoms with van der Waals surface area (Å²) in [4.78, 5) is 3.04. The Bertz CT molecular complexity index is 550. The molecule has 1 heterocycles. The SMILES string of the molecule is CNC(c1ccc(Cl)cc1)c1cc2c(s1)CCCCC2. The van der Waals surface area contributed by atoms with Crippen molar-refractivity contribution in [3.8, 4) is 0 Å². The zero-order valence-corrected chi connectivity index (χ0v) is 13.4. The van der Waals surface area contributed by atoms with Crippen molar-refractivity contribution in [2.24, 2.45) is 0 Å². The third kappa shape index (κ3) is 2.93. The van der Waals surface area contributed by atoms with E-state index in [0.29, 0.717) is 0 Å². The van der Waals surface area contributed by atoms with Crippen LogP contribution in [0.3, 0.4) is 0 Å². The Hall–Kier alpha value is -0.830. The molecule has 1 aliphatic rings. The average molecular weight is 306 g/mol. The molecule has 0 saturated heterocycles. The molecule has 1 N–H and O–H groups in total. The lowest BCUT2D eigenvalue weighted by molar-refractivity contribution is 0.698. The first-order chi connectivity index (χ1) is 9.78. The molecule has 1 unspecified atom stereocenters. The molecule has 20 heavy (non-hydrogen) atoms. The van der Waals surface area contributed by atoms with Crippen LogP contribution in [0.2, 0.25) is 5.02 Å². The van der Waals surface area contributed by atoms with Crippen LogP contribution in [0.25, 0.3) is 0 Å². The Morgan fingerprint density at radius 2 is 1.85 bits per heavy atom. The molecule has 0 saturated carbocycles. The molecule has 1 aromatic carbocycles. The molecule has 0 aliphatic heterocycles. The van der Waals surface area contributed by atoms with Crippen LogP contribution in [0.15, 0.2) is 30.3 Å². The fourth-order valence-electron chi connectivity index (χ4n) is 2.96. The van der Waals surface area contributed by atoms with Gasteiger partial charge >= 0.3 is 0 Å². The molecule has 1 atom stereocenters. The van der Waals surface area contributed by atoms with Crippen LogP contribution in [0.5, 0.6) is 0 Å². The van der Waals surface area contributed by atoms with Crippen molar-refractivity contribution in [3.05, 3.63) is 56.2 Å². The fourth-order valence-corrected chi connectivity index (χ4v) is 4.48. The smallest absolute Gasteiger partial charge is 0.0668 e. The lowest BCUT2D eigenvalue weighted by atomic mass is 10.0. The van der Waals surface area contributed by atoms with E-state index in [4.69, 9.17) is 11.6 Å². The molecule has 106 valence electrons. The number of benzene rings is 1. The Balaban J connectivity index is 1.91. The summed E-state index contributed by atoms with van der Waals surface area (Å²) in [6.45, 7) is 0. The summed E-state index contributed by atoms with van der Waals surface area (Å²) in [6, 6.07) is 10.9. The van der Waals surface area contributed by atoms with Gasteiger partial charge in [-0.2, -0.15) is 0 Å². The van der Waals surface area contributed by atoms with Crippen LogP contribution in [0, 0.1) is 0 Å². The third-order valence-electron chi connectivity index (χ3n) is 4.04. The lowest BCUT2D eigenvalue weighted by Crippen LogP contribution is -2.16. The number of rotatable bonds is 3. The van der Waals surface area contributed by atoms with E-state index < -0.39 is 0 Å². The van der Waals surface area contributed by atoms with Gasteiger partial charge in [0.25, 0.3) is 0 Å². The van der Waals surface area contributed by atoms with E-state index in [9.17, 15) is 0 Å². The molecule has 0 bridgehead atoms. The van der Waals surface area contributed by atoms with Crippen LogP contribution >= 0.6 is 22.9 Å². The predicted octanol–water partition coefficient (Wildman–Crippen LogP) is 4.98. The van der Waals surface area contributed by atoms with Crippen LogP contribution in [0.4, 0.5) is 0 Å². The first-order valence-electron chi connectivity index (χ1n) is 7.32. The predicted molar refractivity (Wildman–Crippen MR) is 87.9 cm³/mol. The number of hydrogen-bond acceptors (Lipinski definition) is 2. The standard InChI is InChI=1S/C17H20ClNS/c1-19-17(12-7-9-14(18)10-8-12)16-11-13-5-3-2-4-6-15(13)20-16/h7-11,17,19H,2-6H2,1H3. The van der Waals surface area contributed by atoms with Crippen LogP contribution in [0.1, 0.15) is 46.2 Å². The van der Waals surface area contributed by atoms with E-state index in [1.165, 1.54) is 42.5 Å². The van der Waals surface area contributed by atoms with Gasteiger partial charge in [0, 0.05) is 14.8 Å². The van der Waals surface area contributed by atoms with Crippen LogP contribution in [-0.4, -0.2) is 7.05 Å². The largest absolute Gasteiger partial charge is 0.309 e. The van der Waals surface area contributed by atoms with Gasteiger partial charge in [0.15, 0.2) is 0 Å². The van der Waals surface area contributed by atoms with Gasteiger partial charge in [-0.1, -0.05) is 30.2 Å². The topological polar surface area (TPSA) is 12.0 Å². The van der Waals surface area contributed by atoms with Crippen molar-refractivity contribution in [2.45, 2.75) is 38.1 Å². The average Bonchev–Trinajstić information content (AvgIpc) is 2.72. The molecule has 0 amide bonds. The summed E-state index contributed by atoms with van der Waals surface area (Å²) < 4.78 is 0. The van der Waals surface area contributed by atoms with Gasteiger partial charge in [0.05, 0.1) is 6.04 Å². The van der Waals surface area contributed by atoms with Crippen molar-refractivity contribution >= 4 is 22.9 Å². The van der Waals surface area contributed by atoms with Gasteiger partial charge in [-0.25, -0.2) is 0 Å². The van der Waals surface area contributed by atoms with E-state index in [2.05, 4.69) is 23.5 Å². The first-order valence-corrected chi connectivity index (χ1v) is 8.51. The maximum Gasteiger partial charge on any atom is 0.0668 e. The van der Waals surface area contributed by atoms with Gasteiger partial charge in [-0.15, -0.1) is 11.3 Å². The highest BCUT2D eigenvalue weighted by molar-refractivity contribution is 7.12. The molecule has 1 nitrogen and oxygen atoms in total. The highest BCUT2D eigenvalue weighted by Gasteiger charge is 2.18. The summed E-state index contributed by atoms with van der Waals surface area (Å²) in [5.74, 6) is 0. The number of thiophene rings is 1. The molecule has 0 radical (unpaired) electrons. The molecular weight excluding hydrogens is 286 g/mol. The van der Waals surface area contributed by atoms with E-state index in [1.54, 1.807) is 10.4 Å². The summed E-state index contributed by atoms with van der Waals surface area (Å²) in [7, 11) is 2.03. The Kier molecular flexibility index (Phi) is 4.45. The van der Waals surface area contributed by atoms with Gasteiger partial charge in [0.1, 0.15) is 0 Å². The zero-order valence-electron chi connectivity index (χ0n) is 11.8. The molecule has 0 spiro atoms. The van der Waals surface area contributed by atoms with Gasteiger partial charge < -0.3 is 5.32 Å². The van der Waals surface area contributed by atoms with E-state index in [0.717, 1.165) is 5.02 Å². The second kappa shape index (κ2) is 6.30. The highest BCUT2D eigenvalue weighted by Crippen LogP contribution is 2.34. The van der Waals surface area contributed by atoms with E-state index in [-0.39, 0.29) is 6.04 Å². The number of nitrogens with one attached hydrogen (secondary N) is 1. The van der Waals surface area contributed by atoms with Gasteiger partial charge in [0.2, 0.25) is 0 Å². The molecule has 2 aromatic rings. The molecule has 1 aromatic heterocycles. The van der Waals surface area contributed by atoms with Crippen molar-refractivity contribution in [3.63, 3.8) is 0 Å². The second-order valence-corrected chi connectivity index (χ2v) is 7.04. The normalized spacial score (nSPS) is 16.5. The number of hydrogen-bond donors (Lipinski definition) is 1. The maximum absolute atomic E-state index is 5.99. The zero-order chi connectivity index (χ0) is 13.9. The number of halogens is 1. The van der Waals surface area contributed by atoms with Crippen LogP contribution < -0.4 is 5.32 Å². The Morgan fingerprint density at radius 1 is 1.10 bits per heavy atom. The highest BCUT2D eigenvalue weighted by atomic mass is 35.5. The lowest BCUT2D eigenvalue weighted by Gasteiger charge is -2.15. The summed E-state index contributed by atoms with van der Waals surface area (Å²) in [5, 5.41) is 4.24. The molecule has 3 heteroatoms. The number of aryl methyl sites for hydroxylation is 2. The van der Waals surface area contributed by atoms with Crippen molar-refractivity contribution in [1.29, 1.82) is 0 Å². The Labute approximate surface area is 130 Å². The minimum atomic E-state index is 0.282. The summed E-state index contributed by atoms with van der Waals surface area (Å²) >= 11 is 7.97. The minimum Gasteiger partial charge on any atom is -0.309 e. The van der Waals surface area contributed by atoms with Crippen LogP contribution in [-0.2, 0) is 12.8 Å². The van der Waals surface area contributed by atoms with Gasteiger partial charge in [-0.05, 0) is 62.1 Å². The van der Waals surface area contributed by atoms with Gasteiger partial charge in [-0.3, -0.25) is 0 Å². The first kappa shape index (κ1) is 14.1. The van der Waals surface area contributed by atoms with Crippen molar-refractivity contribution < 1.29 is 0 Å². The van der Waals surface area contributed by atoms with E-state index in [1.807, 2.05) is 30.5 Å². The fraction of sp³-hybridized carbons (Fsp3) is 0.412. The molecular formula is C17H20ClNS. The summed E-state index contributed by atoms with van der Waals surface area (Å²) in [6.07, 6.45) is 6.58. The minimum absolute atomic E-state index is 0.282. The van der Waals surface area contributed by atoms with Crippen molar-refractivity contribution in [2.75, 3.05) is 7.05 Å². The maximum atomic E-state index is 5.99. The summed E-state index contributed by atoms with van der Waals surface area (Å²) in [5.41, 5.74) is 2.87. The molecule has 3 rings (SSSR count). The number of fused-ring (bicyclic) bond motifs is 1. The van der Waals surface area contributed by atoms with E-state index >= 15 is 0 Å². The second-order valence-electron chi connectivity index (χ2n) is 5.43. The quantitative estimate of drug-likeness (QED) is 0.789. The molecule has 1 aliphatic carbocycles.